The van der Waals surface area contributed by atoms with Gasteiger partial charge in [0, 0.05) is 22.5 Å². The van der Waals surface area contributed by atoms with Crippen molar-refractivity contribution < 1.29 is 4.79 Å². The summed E-state index contributed by atoms with van der Waals surface area (Å²) in [5.74, 6) is 0.301. The number of halogens is 1. The minimum absolute atomic E-state index is 0.0317. The van der Waals surface area contributed by atoms with Gasteiger partial charge in [-0.05, 0) is 46.7 Å². The zero-order valence-corrected chi connectivity index (χ0v) is 11.7. The number of nitrogens with two attached hydrogens (primary N) is 1. The van der Waals surface area contributed by atoms with Gasteiger partial charge < -0.3 is 5.73 Å². The van der Waals surface area contributed by atoms with E-state index in [0.717, 1.165) is 18.4 Å². The Hall–Kier alpha value is -0.420. The molecule has 0 aliphatic carbocycles. The fraction of sp³-hybridized carbons (Fsp3) is 0.462. The standard InChI is InChI=1S/C13H18INO/c1-2-3-11(9-15)13(16)8-10-4-6-12(14)7-5-10/h4-7,11H,2-3,8-9,15H2,1H3. The predicted molar refractivity (Wildman–Crippen MR) is 75.3 cm³/mol. The van der Waals surface area contributed by atoms with Crippen molar-refractivity contribution in [3.8, 4) is 0 Å². The summed E-state index contributed by atoms with van der Waals surface area (Å²) >= 11 is 2.26. The highest BCUT2D eigenvalue weighted by Crippen LogP contribution is 2.12. The van der Waals surface area contributed by atoms with Crippen molar-refractivity contribution in [1.29, 1.82) is 0 Å². The molecule has 1 atom stereocenters. The summed E-state index contributed by atoms with van der Waals surface area (Å²) in [6, 6.07) is 8.08. The molecule has 0 bridgehead atoms. The van der Waals surface area contributed by atoms with Crippen molar-refractivity contribution in [1.82, 2.24) is 0 Å². The molecule has 16 heavy (non-hydrogen) atoms. The summed E-state index contributed by atoms with van der Waals surface area (Å²) in [6.45, 7) is 2.55. The maximum Gasteiger partial charge on any atom is 0.141 e. The van der Waals surface area contributed by atoms with Gasteiger partial charge in [0.25, 0.3) is 0 Å². The van der Waals surface area contributed by atoms with E-state index in [4.69, 9.17) is 5.73 Å². The number of hydrogen-bond acceptors (Lipinski definition) is 2. The summed E-state index contributed by atoms with van der Waals surface area (Å²) in [6.07, 6.45) is 2.43. The summed E-state index contributed by atoms with van der Waals surface area (Å²) in [7, 11) is 0. The lowest BCUT2D eigenvalue weighted by Crippen LogP contribution is -2.25. The summed E-state index contributed by atoms with van der Waals surface area (Å²) in [4.78, 5) is 11.9. The first-order chi connectivity index (χ1) is 7.67. The fourth-order valence-electron chi connectivity index (χ4n) is 1.71. The molecule has 1 aromatic carbocycles. The summed E-state index contributed by atoms with van der Waals surface area (Å²) in [5, 5.41) is 0. The topological polar surface area (TPSA) is 43.1 Å². The number of rotatable bonds is 6. The van der Waals surface area contributed by atoms with E-state index in [1.54, 1.807) is 0 Å². The fourth-order valence-corrected chi connectivity index (χ4v) is 2.07. The first-order valence-electron chi connectivity index (χ1n) is 5.64. The van der Waals surface area contributed by atoms with Crippen molar-refractivity contribution >= 4 is 28.4 Å². The van der Waals surface area contributed by atoms with Crippen LogP contribution in [0.25, 0.3) is 0 Å². The first-order valence-corrected chi connectivity index (χ1v) is 6.72. The van der Waals surface area contributed by atoms with Crippen molar-refractivity contribution in [3.05, 3.63) is 33.4 Å². The Kier molecular flexibility index (Phi) is 5.98. The zero-order valence-electron chi connectivity index (χ0n) is 9.58. The van der Waals surface area contributed by atoms with Gasteiger partial charge in [-0.15, -0.1) is 0 Å². The maximum absolute atomic E-state index is 11.9. The molecule has 2 nitrogen and oxygen atoms in total. The van der Waals surface area contributed by atoms with Gasteiger partial charge in [-0.25, -0.2) is 0 Å². The van der Waals surface area contributed by atoms with Gasteiger partial charge in [0.05, 0.1) is 0 Å². The van der Waals surface area contributed by atoms with Gasteiger partial charge in [-0.2, -0.15) is 0 Å². The van der Waals surface area contributed by atoms with Gasteiger partial charge >= 0.3 is 0 Å². The van der Waals surface area contributed by atoms with Crippen LogP contribution in [0.2, 0.25) is 0 Å². The molecule has 1 unspecified atom stereocenters. The van der Waals surface area contributed by atoms with Crippen LogP contribution in [-0.4, -0.2) is 12.3 Å². The molecule has 0 aliphatic heterocycles. The van der Waals surface area contributed by atoms with Crippen molar-refractivity contribution in [2.24, 2.45) is 11.7 Å². The van der Waals surface area contributed by atoms with Crippen molar-refractivity contribution in [2.75, 3.05) is 6.54 Å². The second-order valence-corrected chi connectivity index (χ2v) is 5.24. The van der Waals surface area contributed by atoms with E-state index >= 15 is 0 Å². The molecule has 0 radical (unpaired) electrons. The first kappa shape index (κ1) is 13.6. The number of benzene rings is 1. The Bertz CT molecular complexity index is 334. The molecule has 0 amide bonds. The summed E-state index contributed by atoms with van der Waals surface area (Å²) < 4.78 is 1.19. The molecule has 88 valence electrons. The quantitative estimate of drug-likeness (QED) is 0.815. The monoisotopic (exact) mass is 331 g/mol. The van der Waals surface area contributed by atoms with Gasteiger partial charge in [0.2, 0.25) is 0 Å². The van der Waals surface area contributed by atoms with Crippen LogP contribution in [0, 0.1) is 9.49 Å². The van der Waals surface area contributed by atoms with E-state index in [0.29, 0.717) is 13.0 Å². The van der Waals surface area contributed by atoms with Crippen LogP contribution in [0.5, 0.6) is 0 Å². The SMILES string of the molecule is CCCC(CN)C(=O)Cc1ccc(I)cc1. The lowest BCUT2D eigenvalue weighted by molar-refractivity contribution is -0.122. The Morgan fingerprint density at radius 3 is 2.50 bits per heavy atom. The van der Waals surface area contributed by atoms with E-state index in [2.05, 4.69) is 29.5 Å². The lowest BCUT2D eigenvalue weighted by atomic mass is 9.94. The number of hydrogen-bond donors (Lipinski definition) is 1. The average Bonchev–Trinajstić information content (AvgIpc) is 2.29. The molecule has 0 spiro atoms. The minimum Gasteiger partial charge on any atom is -0.330 e. The second-order valence-electron chi connectivity index (χ2n) is 3.99. The molecule has 0 aliphatic rings. The van der Waals surface area contributed by atoms with Crippen LogP contribution in [-0.2, 0) is 11.2 Å². The van der Waals surface area contributed by atoms with Crippen molar-refractivity contribution in [2.45, 2.75) is 26.2 Å². The number of Topliss-reactive ketones (excluding diaryl/α,β-unsaturated/α-hetero) is 1. The third-order valence-corrected chi connectivity index (χ3v) is 3.39. The molecule has 3 heteroatoms. The zero-order chi connectivity index (χ0) is 12.0. The number of carbonyl (C=O) groups is 1. The minimum atomic E-state index is 0.0317. The molecular weight excluding hydrogens is 313 g/mol. The Labute approximate surface area is 111 Å². The van der Waals surface area contributed by atoms with E-state index in [1.165, 1.54) is 3.57 Å². The van der Waals surface area contributed by atoms with Gasteiger partial charge in [-0.3, -0.25) is 4.79 Å². The normalized spacial score (nSPS) is 12.4. The highest BCUT2D eigenvalue weighted by atomic mass is 127. The van der Waals surface area contributed by atoms with E-state index < -0.39 is 0 Å². The van der Waals surface area contributed by atoms with Crippen LogP contribution in [0.1, 0.15) is 25.3 Å². The van der Waals surface area contributed by atoms with Crippen LogP contribution in [0.15, 0.2) is 24.3 Å². The smallest absolute Gasteiger partial charge is 0.141 e. The molecule has 0 aromatic heterocycles. The van der Waals surface area contributed by atoms with E-state index in [-0.39, 0.29) is 11.7 Å². The Morgan fingerprint density at radius 2 is 2.00 bits per heavy atom. The third kappa shape index (κ3) is 4.22. The maximum atomic E-state index is 11.9. The number of ketones is 1. The van der Waals surface area contributed by atoms with Gasteiger partial charge in [-0.1, -0.05) is 25.5 Å². The van der Waals surface area contributed by atoms with Crippen LogP contribution in [0.3, 0.4) is 0 Å². The molecular formula is C13H18INO. The van der Waals surface area contributed by atoms with Crippen molar-refractivity contribution in [3.63, 3.8) is 0 Å². The van der Waals surface area contributed by atoms with Gasteiger partial charge in [0.15, 0.2) is 0 Å². The van der Waals surface area contributed by atoms with Gasteiger partial charge in [0.1, 0.15) is 5.78 Å². The molecule has 0 saturated heterocycles. The molecule has 1 aromatic rings. The molecule has 0 fully saturated rings. The van der Waals surface area contributed by atoms with Crippen LogP contribution >= 0.6 is 22.6 Å². The van der Waals surface area contributed by atoms with E-state index in [1.807, 2.05) is 24.3 Å². The molecule has 1 rings (SSSR count). The molecule has 0 saturated carbocycles. The average molecular weight is 331 g/mol. The van der Waals surface area contributed by atoms with Crippen LogP contribution < -0.4 is 5.73 Å². The van der Waals surface area contributed by atoms with Crippen LogP contribution in [0.4, 0.5) is 0 Å². The third-order valence-electron chi connectivity index (χ3n) is 2.67. The highest BCUT2D eigenvalue weighted by Gasteiger charge is 2.15. The molecule has 0 heterocycles. The highest BCUT2D eigenvalue weighted by molar-refractivity contribution is 14.1. The van der Waals surface area contributed by atoms with E-state index in [9.17, 15) is 4.79 Å². The largest absolute Gasteiger partial charge is 0.330 e. The predicted octanol–water partition coefficient (Wildman–Crippen LogP) is 2.78. The Balaban J connectivity index is 2.59. The molecule has 2 N–H and O–H groups in total. The number of carbonyl (C=O) groups excluding carboxylic acids is 1. The second kappa shape index (κ2) is 7.01. The summed E-state index contributed by atoms with van der Waals surface area (Å²) in [5.41, 5.74) is 6.70. The lowest BCUT2D eigenvalue weighted by Gasteiger charge is -2.12. The Morgan fingerprint density at radius 1 is 1.38 bits per heavy atom.